The van der Waals surface area contributed by atoms with E-state index in [1.807, 2.05) is 62.4 Å². The first-order chi connectivity index (χ1) is 14.5. The van der Waals surface area contributed by atoms with Gasteiger partial charge in [0.25, 0.3) is 0 Å². The Bertz CT molecular complexity index is 991. The number of rotatable bonds is 8. The Morgan fingerprint density at radius 2 is 1.23 bits per heavy atom. The molecule has 3 rings (SSSR count). The number of benzene rings is 1. The third-order valence-electron chi connectivity index (χ3n) is 4.25. The molecule has 0 aliphatic heterocycles. The average Bonchev–Trinajstić information content (AvgIpc) is 3.35. The lowest BCUT2D eigenvalue weighted by Crippen LogP contribution is -2.21. The fraction of sp³-hybridized carbons (Fsp3) is 0.167. The van der Waals surface area contributed by atoms with Crippen LogP contribution >= 0.6 is 0 Å². The largest absolute Gasteiger partial charge is 0.462 e. The van der Waals surface area contributed by atoms with Crippen LogP contribution in [-0.4, -0.2) is 11.8 Å². The molecule has 0 saturated carbocycles. The molecule has 0 unspecified atom stereocenters. The third-order valence-corrected chi connectivity index (χ3v) is 4.25. The first-order valence-corrected chi connectivity index (χ1v) is 9.60. The zero-order valence-corrected chi connectivity index (χ0v) is 17.0. The molecule has 3 aromatic rings. The van der Waals surface area contributed by atoms with E-state index >= 15 is 0 Å². The Kier molecular flexibility index (Phi) is 7.05. The zero-order chi connectivity index (χ0) is 21.3. The topological polar surface area (TPSA) is 84.5 Å². The highest BCUT2D eigenvalue weighted by molar-refractivity contribution is 5.91. The van der Waals surface area contributed by atoms with E-state index in [-0.39, 0.29) is 11.8 Å². The van der Waals surface area contributed by atoms with Gasteiger partial charge in [0.15, 0.2) is 0 Å². The second-order valence-corrected chi connectivity index (χ2v) is 6.82. The van der Waals surface area contributed by atoms with Crippen molar-refractivity contribution in [2.45, 2.75) is 26.9 Å². The second-order valence-electron chi connectivity index (χ2n) is 6.82. The van der Waals surface area contributed by atoms with Crippen LogP contribution in [0.15, 0.2) is 69.5 Å². The van der Waals surface area contributed by atoms with Crippen LogP contribution in [0.2, 0.25) is 0 Å². The van der Waals surface area contributed by atoms with E-state index in [0.717, 1.165) is 22.6 Å². The Morgan fingerprint density at radius 1 is 0.767 bits per heavy atom. The lowest BCUT2D eigenvalue weighted by Gasteiger charge is -2.07. The SMILES string of the molecule is Cc1ccc(/C=C/C(=O)NCc2cccc(CNC(=O)/C=C/c3ccc(C)o3)c2)o1. The molecule has 0 aliphatic rings. The molecule has 0 fully saturated rings. The standard InChI is InChI=1S/C24H24N2O4/c1-17-6-8-21(29-17)10-12-23(27)25-15-19-4-3-5-20(14-19)16-26-24(28)13-11-22-9-7-18(2)30-22/h3-14H,15-16H2,1-2H3,(H,25,27)(H,26,28)/b12-10+,13-11+. The van der Waals surface area contributed by atoms with E-state index in [1.165, 1.54) is 12.2 Å². The highest BCUT2D eigenvalue weighted by Gasteiger charge is 2.02. The summed E-state index contributed by atoms with van der Waals surface area (Å²) >= 11 is 0. The Hall–Kier alpha value is -3.80. The van der Waals surface area contributed by atoms with Crippen LogP contribution in [0.25, 0.3) is 12.2 Å². The summed E-state index contributed by atoms with van der Waals surface area (Å²) in [7, 11) is 0. The van der Waals surface area contributed by atoms with Gasteiger partial charge in [-0.25, -0.2) is 0 Å². The highest BCUT2D eigenvalue weighted by Crippen LogP contribution is 2.09. The molecule has 2 heterocycles. The van der Waals surface area contributed by atoms with E-state index in [2.05, 4.69) is 10.6 Å². The van der Waals surface area contributed by atoms with Gasteiger partial charge in [0, 0.05) is 25.2 Å². The number of hydrogen-bond acceptors (Lipinski definition) is 4. The summed E-state index contributed by atoms with van der Waals surface area (Å²) in [4.78, 5) is 23.9. The number of carbonyl (C=O) groups excluding carboxylic acids is 2. The molecular weight excluding hydrogens is 380 g/mol. The predicted octanol–water partition coefficient (Wildman–Crippen LogP) is 4.15. The van der Waals surface area contributed by atoms with Crippen LogP contribution in [0.1, 0.15) is 34.2 Å². The number of aryl methyl sites for hydroxylation is 2. The van der Waals surface area contributed by atoms with Crippen LogP contribution < -0.4 is 10.6 Å². The molecule has 2 amide bonds. The molecule has 2 aromatic heterocycles. The molecule has 0 atom stereocenters. The molecule has 0 saturated heterocycles. The van der Waals surface area contributed by atoms with Gasteiger partial charge in [0.2, 0.25) is 11.8 Å². The van der Waals surface area contributed by atoms with Gasteiger partial charge < -0.3 is 19.5 Å². The Labute approximate surface area is 175 Å². The summed E-state index contributed by atoms with van der Waals surface area (Å²) in [6.45, 7) is 4.48. The van der Waals surface area contributed by atoms with Gasteiger partial charge >= 0.3 is 0 Å². The van der Waals surface area contributed by atoms with Crippen LogP contribution in [0.4, 0.5) is 0 Å². The van der Waals surface area contributed by atoms with Crippen molar-refractivity contribution in [3.05, 3.63) is 94.9 Å². The van der Waals surface area contributed by atoms with Crippen LogP contribution in [0.3, 0.4) is 0 Å². The molecule has 2 N–H and O–H groups in total. The minimum absolute atomic E-state index is 0.207. The molecule has 0 spiro atoms. The number of nitrogens with one attached hydrogen (secondary N) is 2. The maximum absolute atomic E-state index is 12.0. The molecule has 6 heteroatoms. The third kappa shape index (κ3) is 6.67. The molecule has 6 nitrogen and oxygen atoms in total. The minimum atomic E-state index is -0.207. The fourth-order valence-electron chi connectivity index (χ4n) is 2.75. The zero-order valence-electron chi connectivity index (χ0n) is 17.0. The van der Waals surface area contributed by atoms with Gasteiger partial charge in [-0.3, -0.25) is 9.59 Å². The first kappa shape index (κ1) is 20.9. The van der Waals surface area contributed by atoms with Crippen molar-refractivity contribution in [3.63, 3.8) is 0 Å². The van der Waals surface area contributed by atoms with Crippen LogP contribution in [-0.2, 0) is 22.7 Å². The van der Waals surface area contributed by atoms with Crippen LogP contribution in [0, 0.1) is 13.8 Å². The van der Waals surface area contributed by atoms with Gasteiger partial charge in [0.1, 0.15) is 23.0 Å². The number of furan rings is 2. The van der Waals surface area contributed by atoms with Crippen molar-refractivity contribution in [2.75, 3.05) is 0 Å². The monoisotopic (exact) mass is 404 g/mol. The predicted molar refractivity (Wildman–Crippen MR) is 115 cm³/mol. The van der Waals surface area contributed by atoms with Gasteiger partial charge in [0.05, 0.1) is 0 Å². The van der Waals surface area contributed by atoms with Crippen molar-refractivity contribution >= 4 is 24.0 Å². The van der Waals surface area contributed by atoms with Crippen molar-refractivity contribution in [1.29, 1.82) is 0 Å². The smallest absolute Gasteiger partial charge is 0.244 e. The van der Waals surface area contributed by atoms with Gasteiger partial charge in [-0.15, -0.1) is 0 Å². The van der Waals surface area contributed by atoms with Crippen LogP contribution in [0.5, 0.6) is 0 Å². The van der Waals surface area contributed by atoms with Crippen molar-refractivity contribution in [2.24, 2.45) is 0 Å². The van der Waals surface area contributed by atoms with Crippen molar-refractivity contribution in [1.82, 2.24) is 10.6 Å². The normalized spacial score (nSPS) is 11.3. The van der Waals surface area contributed by atoms with Crippen molar-refractivity contribution in [3.8, 4) is 0 Å². The fourth-order valence-corrected chi connectivity index (χ4v) is 2.75. The van der Waals surface area contributed by atoms with Crippen molar-refractivity contribution < 1.29 is 18.4 Å². The Morgan fingerprint density at radius 3 is 1.63 bits per heavy atom. The number of amides is 2. The summed E-state index contributed by atoms with van der Waals surface area (Å²) in [5.74, 6) is 2.45. The van der Waals surface area contributed by atoms with E-state index < -0.39 is 0 Å². The Balaban J connectivity index is 1.45. The maximum Gasteiger partial charge on any atom is 0.244 e. The minimum Gasteiger partial charge on any atom is -0.462 e. The lowest BCUT2D eigenvalue weighted by atomic mass is 10.1. The highest BCUT2D eigenvalue weighted by atomic mass is 16.3. The van der Waals surface area contributed by atoms with Gasteiger partial charge in [-0.05, 0) is 61.4 Å². The van der Waals surface area contributed by atoms with Gasteiger partial charge in [-0.1, -0.05) is 24.3 Å². The lowest BCUT2D eigenvalue weighted by molar-refractivity contribution is -0.117. The first-order valence-electron chi connectivity index (χ1n) is 9.60. The summed E-state index contributed by atoms with van der Waals surface area (Å²) in [5, 5.41) is 5.66. The molecule has 0 bridgehead atoms. The second kappa shape index (κ2) is 10.1. The summed E-state index contributed by atoms with van der Waals surface area (Å²) in [5.41, 5.74) is 1.89. The van der Waals surface area contributed by atoms with E-state index in [0.29, 0.717) is 24.6 Å². The van der Waals surface area contributed by atoms with E-state index in [1.54, 1.807) is 12.2 Å². The molecule has 0 aliphatic carbocycles. The maximum atomic E-state index is 12.0. The molecule has 1 aromatic carbocycles. The summed E-state index contributed by atoms with van der Waals surface area (Å²) in [6, 6.07) is 15.0. The summed E-state index contributed by atoms with van der Waals surface area (Å²) < 4.78 is 10.8. The molecule has 30 heavy (non-hydrogen) atoms. The molecular formula is C24H24N2O4. The van der Waals surface area contributed by atoms with E-state index in [4.69, 9.17) is 8.83 Å². The average molecular weight is 404 g/mol. The quantitative estimate of drug-likeness (QED) is 0.553. The molecule has 0 radical (unpaired) electrons. The summed E-state index contributed by atoms with van der Waals surface area (Å²) in [6.07, 6.45) is 6.14. The molecule has 154 valence electrons. The van der Waals surface area contributed by atoms with Gasteiger partial charge in [-0.2, -0.15) is 0 Å². The van der Waals surface area contributed by atoms with E-state index in [9.17, 15) is 9.59 Å². The number of hydrogen-bond donors (Lipinski definition) is 2. The number of carbonyl (C=O) groups is 2.